The molecule has 0 saturated heterocycles. The zero-order valence-electron chi connectivity index (χ0n) is 9.71. The lowest BCUT2D eigenvalue weighted by molar-refractivity contribution is -0.00277. The van der Waals surface area contributed by atoms with Gasteiger partial charge >= 0.3 is 0 Å². The van der Waals surface area contributed by atoms with Crippen LogP contribution >= 0.6 is 23.2 Å². The van der Waals surface area contributed by atoms with Crippen molar-refractivity contribution in [2.24, 2.45) is 0 Å². The van der Waals surface area contributed by atoms with Crippen LogP contribution in [-0.4, -0.2) is 21.0 Å². The van der Waals surface area contributed by atoms with Crippen LogP contribution in [0.4, 0.5) is 14.7 Å². The van der Waals surface area contributed by atoms with Gasteiger partial charge in [0.15, 0.2) is 0 Å². The molecule has 2 heterocycles. The van der Waals surface area contributed by atoms with E-state index in [0.29, 0.717) is 18.4 Å². The van der Waals surface area contributed by atoms with Crippen LogP contribution in [0, 0.1) is 0 Å². The van der Waals surface area contributed by atoms with Crippen molar-refractivity contribution >= 4 is 34.7 Å². The Labute approximate surface area is 117 Å². The summed E-state index contributed by atoms with van der Waals surface area (Å²) < 4.78 is 28.2. The maximum atomic E-state index is 13.4. The van der Waals surface area contributed by atoms with Gasteiger partial charge in [-0.25, -0.2) is 18.3 Å². The second-order valence-corrected chi connectivity index (χ2v) is 5.46. The van der Waals surface area contributed by atoms with Crippen LogP contribution in [0.2, 0.25) is 10.0 Å². The summed E-state index contributed by atoms with van der Waals surface area (Å²) in [5.74, 6) is -0.0131. The van der Waals surface area contributed by atoms with Gasteiger partial charge in [-0.3, -0.25) is 0 Å². The summed E-state index contributed by atoms with van der Waals surface area (Å²) in [6.07, 6.45) is 0.307. The number of fused-ring (bicyclic) bond motifs is 1. The lowest BCUT2D eigenvalue weighted by Gasteiger charge is -2.40. The van der Waals surface area contributed by atoms with Crippen molar-refractivity contribution in [2.45, 2.75) is 31.1 Å². The first-order chi connectivity index (χ1) is 8.97. The first kappa shape index (κ1) is 12.9. The SMILES string of the molecule is Nc1ncc2c(Cl)c(Cl)c(C3(C(F)F)CCC3)n2n1. The Morgan fingerprint density at radius 1 is 1.32 bits per heavy atom. The Hall–Kier alpha value is -1.14. The van der Waals surface area contributed by atoms with Crippen molar-refractivity contribution in [1.82, 2.24) is 14.6 Å². The Morgan fingerprint density at radius 2 is 2.00 bits per heavy atom. The molecular formula is C11H10Cl2F2N4. The highest BCUT2D eigenvalue weighted by Crippen LogP contribution is 2.52. The molecule has 1 saturated carbocycles. The molecule has 0 bridgehead atoms. The summed E-state index contributed by atoms with van der Waals surface area (Å²) in [5.41, 5.74) is 4.86. The number of hydrogen-bond acceptors (Lipinski definition) is 3. The van der Waals surface area contributed by atoms with Gasteiger partial charge in [0.25, 0.3) is 0 Å². The summed E-state index contributed by atoms with van der Waals surface area (Å²) in [6, 6.07) is 0. The summed E-state index contributed by atoms with van der Waals surface area (Å²) in [6.45, 7) is 0. The average Bonchev–Trinajstić information content (AvgIpc) is 2.52. The van der Waals surface area contributed by atoms with Crippen molar-refractivity contribution in [3.8, 4) is 0 Å². The maximum Gasteiger partial charge on any atom is 0.249 e. The number of rotatable bonds is 2. The van der Waals surface area contributed by atoms with Gasteiger partial charge in [-0.05, 0) is 12.8 Å². The molecule has 0 atom stereocenters. The lowest BCUT2D eigenvalue weighted by atomic mass is 9.67. The van der Waals surface area contributed by atoms with Crippen molar-refractivity contribution in [1.29, 1.82) is 0 Å². The molecule has 3 rings (SSSR count). The number of aromatic nitrogens is 3. The summed E-state index contributed by atoms with van der Waals surface area (Å²) in [7, 11) is 0. The van der Waals surface area contributed by atoms with E-state index in [9.17, 15) is 8.78 Å². The minimum absolute atomic E-state index is 0.0131. The smallest absolute Gasteiger partial charge is 0.249 e. The van der Waals surface area contributed by atoms with Gasteiger partial charge in [-0.1, -0.05) is 29.6 Å². The fourth-order valence-electron chi connectivity index (χ4n) is 2.54. The zero-order chi connectivity index (χ0) is 13.8. The monoisotopic (exact) mass is 306 g/mol. The largest absolute Gasteiger partial charge is 0.367 e. The molecule has 0 spiro atoms. The van der Waals surface area contributed by atoms with E-state index in [1.807, 2.05) is 0 Å². The first-order valence-electron chi connectivity index (χ1n) is 5.74. The highest BCUT2D eigenvalue weighted by Gasteiger charge is 2.51. The highest BCUT2D eigenvalue weighted by molar-refractivity contribution is 6.45. The van der Waals surface area contributed by atoms with Crippen LogP contribution < -0.4 is 5.73 Å². The van der Waals surface area contributed by atoms with Gasteiger partial charge in [-0.15, -0.1) is 5.10 Å². The molecule has 0 aromatic carbocycles. The van der Waals surface area contributed by atoms with Gasteiger partial charge in [0.2, 0.25) is 12.4 Å². The number of alkyl halides is 2. The third-order valence-corrected chi connectivity index (χ3v) is 4.57. The fourth-order valence-corrected chi connectivity index (χ4v) is 3.12. The van der Waals surface area contributed by atoms with Crippen molar-refractivity contribution in [3.63, 3.8) is 0 Å². The average molecular weight is 307 g/mol. The van der Waals surface area contributed by atoms with Crippen LogP contribution in [0.3, 0.4) is 0 Å². The fraction of sp³-hybridized carbons (Fsp3) is 0.455. The molecule has 8 heteroatoms. The Balaban J connectivity index is 2.34. The molecule has 4 nitrogen and oxygen atoms in total. The molecule has 19 heavy (non-hydrogen) atoms. The maximum absolute atomic E-state index is 13.4. The Morgan fingerprint density at radius 3 is 2.53 bits per heavy atom. The quantitative estimate of drug-likeness (QED) is 0.926. The third-order valence-electron chi connectivity index (χ3n) is 3.72. The molecule has 1 aliphatic carbocycles. The van der Waals surface area contributed by atoms with Crippen molar-refractivity contribution in [2.75, 3.05) is 5.73 Å². The zero-order valence-corrected chi connectivity index (χ0v) is 11.2. The second kappa shape index (κ2) is 4.18. The van der Waals surface area contributed by atoms with Crippen LogP contribution in [-0.2, 0) is 5.41 Å². The van der Waals surface area contributed by atoms with E-state index in [1.165, 1.54) is 10.7 Å². The molecule has 1 aliphatic rings. The van der Waals surface area contributed by atoms with E-state index in [-0.39, 0.29) is 21.7 Å². The summed E-state index contributed by atoms with van der Waals surface area (Å²) in [4.78, 5) is 3.81. The Bertz CT molecular complexity index is 652. The number of halogens is 4. The van der Waals surface area contributed by atoms with Gasteiger partial charge in [-0.2, -0.15) is 0 Å². The molecule has 2 aromatic rings. The molecular weight excluding hydrogens is 297 g/mol. The second-order valence-electron chi connectivity index (χ2n) is 4.70. The highest BCUT2D eigenvalue weighted by atomic mass is 35.5. The van der Waals surface area contributed by atoms with Crippen molar-refractivity contribution in [3.05, 3.63) is 21.9 Å². The third kappa shape index (κ3) is 1.63. The van der Waals surface area contributed by atoms with Crippen LogP contribution in [0.15, 0.2) is 6.20 Å². The summed E-state index contributed by atoms with van der Waals surface area (Å²) in [5, 5.41) is 4.27. The van der Waals surface area contributed by atoms with Crippen LogP contribution in [0.5, 0.6) is 0 Å². The van der Waals surface area contributed by atoms with Crippen LogP contribution in [0.1, 0.15) is 25.0 Å². The van der Waals surface area contributed by atoms with E-state index in [2.05, 4.69) is 10.1 Å². The number of hydrogen-bond donors (Lipinski definition) is 1. The molecule has 2 N–H and O–H groups in total. The number of nitrogen functional groups attached to an aromatic ring is 1. The van der Waals surface area contributed by atoms with Gasteiger partial charge in [0.05, 0.1) is 27.4 Å². The number of anilines is 1. The minimum Gasteiger partial charge on any atom is -0.367 e. The molecule has 0 amide bonds. The van der Waals surface area contributed by atoms with E-state index in [4.69, 9.17) is 28.9 Å². The van der Waals surface area contributed by atoms with E-state index in [1.54, 1.807) is 0 Å². The predicted molar refractivity (Wildman–Crippen MR) is 69.0 cm³/mol. The minimum atomic E-state index is -2.52. The molecule has 102 valence electrons. The lowest BCUT2D eigenvalue weighted by Crippen LogP contribution is -2.42. The number of nitrogens with two attached hydrogens (primary N) is 1. The van der Waals surface area contributed by atoms with Crippen molar-refractivity contribution < 1.29 is 8.78 Å². The normalized spacial score (nSPS) is 17.9. The van der Waals surface area contributed by atoms with Gasteiger partial charge in [0, 0.05) is 0 Å². The van der Waals surface area contributed by atoms with E-state index < -0.39 is 11.8 Å². The molecule has 0 aliphatic heterocycles. The Kier molecular flexibility index (Phi) is 2.83. The van der Waals surface area contributed by atoms with E-state index in [0.717, 1.165) is 6.42 Å². The molecule has 0 unspecified atom stereocenters. The van der Waals surface area contributed by atoms with Gasteiger partial charge < -0.3 is 5.73 Å². The topological polar surface area (TPSA) is 56.2 Å². The van der Waals surface area contributed by atoms with E-state index >= 15 is 0 Å². The first-order valence-corrected chi connectivity index (χ1v) is 6.50. The predicted octanol–water partition coefficient (Wildman–Crippen LogP) is 3.31. The number of nitrogens with zero attached hydrogens (tertiary/aromatic N) is 3. The standard InChI is InChI=1S/C11H10Cl2F2N4/c12-6-5-4-17-10(16)18-19(5)8(7(6)13)11(9(14)15)2-1-3-11/h4,9H,1-3H2,(H2,16,18). The molecule has 1 fully saturated rings. The summed E-state index contributed by atoms with van der Waals surface area (Å²) >= 11 is 12.2. The van der Waals surface area contributed by atoms with Crippen LogP contribution in [0.25, 0.3) is 5.52 Å². The van der Waals surface area contributed by atoms with Gasteiger partial charge in [0.1, 0.15) is 5.52 Å². The molecule has 2 aromatic heterocycles. The molecule has 0 radical (unpaired) electrons.